The van der Waals surface area contributed by atoms with Gasteiger partial charge in [0.2, 0.25) is 0 Å². The van der Waals surface area contributed by atoms with E-state index in [-0.39, 0.29) is 0 Å². The SMILES string of the molecule is CCCn1nncc1C1CC(C)CCN1. The minimum atomic E-state index is 0.454. The van der Waals surface area contributed by atoms with E-state index in [1.165, 1.54) is 18.5 Å². The van der Waals surface area contributed by atoms with Crippen LogP contribution in [0.1, 0.15) is 44.8 Å². The van der Waals surface area contributed by atoms with Crippen LogP contribution in [0.25, 0.3) is 0 Å². The Kier molecular flexibility index (Phi) is 3.36. The quantitative estimate of drug-likeness (QED) is 0.823. The van der Waals surface area contributed by atoms with Crippen molar-refractivity contribution in [2.24, 2.45) is 5.92 Å². The third-order valence-electron chi connectivity index (χ3n) is 3.11. The van der Waals surface area contributed by atoms with Crippen LogP contribution in [0.5, 0.6) is 0 Å². The number of aryl methyl sites for hydroxylation is 1. The second-order valence-electron chi connectivity index (χ2n) is 4.52. The number of nitrogens with one attached hydrogen (secondary N) is 1. The van der Waals surface area contributed by atoms with Crippen molar-refractivity contribution in [2.45, 2.75) is 45.7 Å². The molecule has 2 rings (SSSR count). The summed E-state index contributed by atoms with van der Waals surface area (Å²) >= 11 is 0. The van der Waals surface area contributed by atoms with Crippen LogP contribution >= 0.6 is 0 Å². The molecule has 0 aliphatic carbocycles. The first-order valence-corrected chi connectivity index (χ1v) is 5.93. The van der Waals surface area contributed by atoms with Crippen LogP contribution in [0.3, 0.4) is 0 Å². The molecule has 1 aromatic rings. The molecule has 1 saturated heterocycles. The van der Waals surface area contributed by atoms with Crippen LogP contribution in [-0.2, 0) is 6.54 Å². The molecule has 1 aliphatic rings. The van der Waals surface area contributed by atoms with Gasteiger partial charge in [-0.1, -0.05) is 19.1 Å². The predicted octanol–water partition coefficient (Wildman–Crippen LogP) is 1.75. The fraction of sp³-hybridized carbons (Fsp3) is 0.818. The Bertz CT molecular complexity index is 307. The topological polar surface area (TPSA) is 42.7 Å². The maximum atomic E-state index is 4.13. The highest BCUT2D eigenvalue weighted by molar-refractivity contribution is 5.03. The van der Waals surface area contributed by atoms with E-state index < -0.39 is 0 Å². The summed E-state index contributed by atoms with van der Waals surface area (Å²) in [6.45, 7) is 6.58. The van der Waals surface area contributed by atoms with Crippen LogP contribution < -0.4 is 5.32 Å². The van der Waals surface area contributed by atoms with Crippen molar-refractivity contribution in [3.63, 3.8) is 0 Å². The molecule has 0 amide bonds. The van der Waals surface area contributed by atoms with Crippen LogP contribution in [0.15, 0.2) is 6.20 Å². The van der Waals surface area contributed by atoms with Gasteiger partial charge in [0.15, 0.2) is 0 Å². The number of hydrogen-bond acceptors (Lipinski definition) is 3. The Balaban J connectivity index is 2.10. The Labute approximate surface area is 91.1 Å². The molecular formula is C11H20N4. The van der Waals surface area contributed by atoms with Crippen molar-refractivity contribution in [3.8, 4) is 0 Å². The van der Waals surface area contributed by atoms with Gasteiger partial charge in [-0.15, -0.1) is 5.10 Å². The summed E-state index contributed by atoms with van der Waals surface area (Å²) in [5.74, 6) is 0.807. The highest BCUT2D eigenvalue weighted by Gasteiger charge is 2.22. The van der Waals surface area contributed by atoms with E-state index in [0.717, 1.165) is 25.4 Å². The summed E-state index contributed by atoms with van der Waals surface area (Å²) in [6, 6.07) is 0.454. The number of piperidine rings is 1. The second kappa shape index (κ2) is 4.75. The van der Waals surface area contributed by atoms with Gasteiger partial charge in [0.25, 0.3) is 0 Å². The highest BCUT2D eigenvalue weighted by atomic mass is 15.4. The molecule has 2 unspecified atom stereocenters. The lowest BCUT2D eigenvalue weighted by molar-refractivity contribution is 0.311. The van der Waals surface area contributed by atoms with Gasteiger partial charge in [0, 0.05) is 6.54 Å². The zero-order valence-electron chi connectivity index (χ0n) is 9.61. The molecule has 0 saturated carbocycles. The first-order chi connectivity index (χ1) is 7.31. The summed E-state index contributed by atoms with van der Waals surface area (Å²) in [7, 11) is 0. The second-order valence-corrected chi connectivity index (χ2v) is 4.52. The van der Waals surface area contributed by atoms with Gasteiger partial charge in [0.1, 0.15) is 0 Å². The van der Waals surface area contributed by atoms with Crippen molar-refractivity contribution in [1.29, 1.82) is 0 Å². The Hall–Kier alpha value is -0.900. The molecule has 2 atom stereocenters. The number of rotatable bonds is 3. The minimum Gasteiger partial charge on any atom is -0.309 e. The molecule has 0 bridgehead atoms. The van der Waals surface area contributed by atoms with Gasteiger partial charge in [-0.05, 0) is 31.7 Å². The van der Waals surface area contributed by atoms with Gasteiger partial charge < -0.3 is 5.32 Å². The molecule has 2 heterocycles. The van der Waals surface area contributed by atoms with E-state index in [9.17, 15) is 0 Å². The molecule has 15 heavy (non-hydrogen) atoms. The molecule has 0 radical (unpaired) electrons. The number of aromatic nitrogens is 3. The van der Waals surface area contributed by atoms with Crippen LogP contribution in [0.2, 0.25) is 0 Å². The fourth-order valence-corrected chi connectivity index (χ4v) is 2.25. The number of nitrogens with zero attached hydrogens (tertiary/aromatic N) is 3. The van der Waals surface area contributed by atoms with E-state index in [1.807, 2.05) is 10.9 Å². The molecule has 4 heteroatoms. The minimum absolute atomic E-state index is 0.454. The third kappa shape index (κ3) is 2.37. The van der Waals surface area contributed by atoms with Crippen molar-refractivity contribution < 1.29 is 0 Å². The zero-order chi connectivity index (χ0) is 10.7. The summed E-state index contributed by atoms with van der Waals surface area (Å²) in [4.78, 5) is 0. The normalized spacial score (nSPS) is 26.8. The standard InChI is InChI=1S/C11H20N4/c1-3-6-15-11(8-13-14-15)10-7-9(2)4-5-12-10/h8-10,12H,3-7H2,1-2H3. The van der Waals surface area contributed by atoms with E-state index in [2.05, 4.69) is 29.5 Å². The maximum absolute atomic E-state index is 4.13. The first-order valence-electron chi connectivity index (χ1n) is 5.93. The maximum Gasteiger partial charge on any atom is 0.0756 e. The van der Waals surface area contributed by atoms with Crippen LogP contribution in [0, 0.1) is 5.92 Å². The molecule has 1 aromatic heterocycles. The first kappa shape index (κ1) is 10.6. The molecule has 1 N–H and O–H groups in total. The lowest BCUT2D eigenvalue weighted by atomic mass is 9.93. The molecular weight excluding hydrogens is 188 g/mol. The monoisotopic (exact) mass is 208 g/mol. The van der Waals surface area contributed by atoms with Crippen LogP contribution in [-0.4, -0.2) is 21.5 Å². The largest absolute Gasteiger partial charge is 0.309 e. The van der Waals surface area contributed by atoms with Crippen molar-refractivity contribution >= 4 is 0 Å². The Morgan fingerprint density at radius 2 is 2.47 bits per heavy atom. The smallest absolute Gasteiger partial charge is 0.0756 e. The van der Waals surface area contributed by atoms with Gasteiger partial charge in [0.05, 0.1) is 17.9 Å². The van der Waals surface area contributed by atoms with Crippen molar-refractivity contribution in [2.75, 3.05) is 6.54 Å². The third-order valence-corrected chi connectivity index (χ3v) is 3.11. The fourth-order valence-electron chi connectivity index (χ4n) is 2.25. The van der Waals surface area contributed by atoms with Gasteiger partial charge in [-0.25, -0.2) is 4.68 Å². The van der Waals surface area contributed by atoms with E-state index in [1.54, 1.807) is 0 Å². The van der Waals surface area contributed by atoms with Gasteiger partial charge >= 0.3 is 0 Å². The Morgan fingerprint density at radius 1 is 1.60 bits per heavy atom. The summed E-state index contributed by atoms with van der Waals surface area (Å²) in [5.41, 5.74) is 1.25. The molecule has 0 spiro atoms. The predicted molar refractivity (Wildman–Crippen MR) is 59.5 cm³/mol. The van der Waals surface area contributed by atoms with Gasteiger partial charge in [-0.3, -0.25) is 0 Å². The van der Waals surface area contributed by atoms with E-state index in [0.29, 0.717) is 6.04 Å². The summed E-state index contributed by atoms with van der Waals surface area (Å²) in [5, 5.41) is 11.7. The van der Waals surface area contributed by atoms with E-state index in [4.69, 9.17) is 0 Å². The average molecular weight is 208 g/mol. The van der Waals surface area contributed by atoms with E-state index >= 15 is 0 Å². The molecule has 4 nitrogen and oxygen atoms in total. The molecule has 84 valence electrons. The molecule has 1 fully saturated rings. The van der Waals surface area contributed by atoms with Crippen LogP contribution in [0.4, 0.5) is 0 Å². The highest BCUT2D eigenvalue weighted by Crippen LogP contribution is 2.26. The van der Waals surface area contributed by atoms with Crippen molar-refractivity contribution in [3.05, 3.63) is 11.9 Å². The Morgan fingerprint density at radius 3 is 3.20 bits per heavy atom. The van der Waals surface area contributed by atoms with Crippen molar-refractivity contribution in [1.82, 2.24) is 20.3 Å². The molecule has 0 aromatic carbocycles. The lowest BCUT2D eigenvalue weighted by Gasteiger charge is -2.28. The summed E-state index contributed by atoms with van der Waals surface area (Å²) in [6.07, 6.45) is 5.51. The number of hydrogen-bond donors (Lipinski definition) is 1. The summed E-state index contributed by atoms with van der Waals surface area (Å²) < 4.78 is 2.04. The van der Waals surface area contributed by atoms with Gasteiger partial charge in [-0.2, -0.15) is 0 Å². The average Bonchev–Trinajstić information content (AvgIpc) is 2.66. The molecule has 1 aliphatic heterocycles. The zero-order valence-corrected chi connectivity index (χ0v) is 9.61. The lowest BCUT2D eigenvalue weighted by Crippen LogP contribution is -2.32.